The maximum Gasteiger partial charge on any atom is 0.336 e. The number of hydrogen-bond donors (Lipinski definition) is 2. The summed E-state index contributed by atoms with van der Waals surface area (Å²) in [6.07, 6.45) is 0. The minimum atomic E-state index is -0.829. The summed E-state index contributed by atoms with van der Waals surface area (Å²) in [6, 6.07) is 1.78. The summed E-state index contributed by atoms with van der Waals surface area (Å²) in [6.45, 7) is 1.97. The molecule has 0 atom stereocenters. The van der Waals surface area contributed by atoms with Crippen LogP contribution in [0.2, 0.25) is 0 Å². The molecule has 12 heavy (non-hydrogen) atoms. The molecule has 2 rings (SSSR count). The fourth-order valence-electron chi connectivity index (χ4n) is 1.17. The van der Waals surface area contributed by atoms with Crippen molar-refractivity contribution in [2.45, 2.75) is 5.92 Å². The van der Waals surface area contributed by atoms with E-state index < -0.39 is 5.97 Å². The maximum absolute atomic E-state index is 10.5. The third-order valence-corrected chi connectivity index (χ3v) is 3.15. The van der Waals surface area contributed by atoms with Crippen molar-refractivity contribution in [3.8, 4) is 0 Å². The lowest BCUT2D eigenvalue weighted by Crippen LogP contribution is -2.39. The van der Waals surface area contributed by atoms with E-state index in [2.05, 4.69) is 5.32 Å². The second-order valence-electron chi connectivity index (χ2n) is 2.90. The molecule has 0 saturated carbocycles. The summed E-state index contributed by atoms with van der Waals surface area (Å²) < 4.78 is 0. The Labute approximate surface area is 74.0 Å². The average Bonchev–Trinajstić information content (AvgIpc) is 2.32. The van der Waals surface area contributed by atoms with Gasteiger partial charge in [0.15, 0.2) is 0 Å². The molecule has 0 aliphatic carbocycles. The zero-order valence-electron chi connectivity index (χ0n) is 6.41. The number of nitrogens with one attached hydrogen (secondary N) is 1. The van der Waals surface area contributed by atoms with Crippen molar-refractivity contribution >= 4 is 17.3 Å². The third-order valence-electron chi connectivity index (χ3n) is 2.05. The van der Waals surface area contributed by atoms with E-state index in [4.69, 9.17) is 5.11 Å². The molecule has 1 aromatic heterocycles. The lowest BCUT2D eigenvalue weighted by Gasteiger charge is -2.25. The van der Waals surface area contributed by atoms with Crippen molar-refractivity contribution in [3.05, 3.63) is 21.9 Å². The highest BCUT2D eigenvalue weighted by Crippen LogP contribution is 2.26. The Morgan fingerprint density at radius 1 is 1.67 bits per heavy atom. The van der Waals surface area contributed by atoms with E-state index in [0.29, 0.717) is 11.5 Å². The van der Waals surface area contributed by atoms with Gasteiger partial charge in [-0.05, 0) is 6.07 Å². The van der Waals surface area contributed by atoms with Crippen molar-refractivity contribution in [3.63, 3.8) is 0 Å². The summed E-state index contributed by atoms with van der Waals surface area (Å²) in [7, 11) is 0. The maximum atomic E-state index is 10.5. The van der Waals surface area contributed by atoms with Gasteiger partial charge in [0, 0.05) is 29.3 Å². The second kappa shape index (κ2) is 2.88. The van der Waals surface area contributed by atoms with Crippen LogP contribution in [-0.4, -0.2) is 24.2 Å². The van der Waals surface area contributed by atoms with E-state index in [9.17, 15) is 4.79 Å². The van der Waals surface area contributed by atoms with Crippen LogP contribution in [-0.2, 0) is 0 Å². The SMILES string of the molecule is O=C(O)c1csc(C2CNC2)c1. The van der Waals surface area contributed by atoms with Crippen LogP contribution in [0.3, 0.4) is 0 Å². The fraction of sp³-hybridized carbons (Fsp3) is 0.375. The van der Waals surface area contributed by atoms with Crippen molar-refractivity contribution in [2.24, 2.45) is 0 Å². The van der Waals surface area contributed by atoms with Gasteiger partial charge in [-0.2, -0.15) is 0 Å². The predicted molar refractivity (Wildman–Crippen MR) is 46.9 cm³/mol. The van der Waals surface area contributed by atoms with Crippen molar-refractivity contribution < 1.29 is 9.90 Å². The van der Waals surface area contributed by atoms with E-state index in [1.54, 1.807) is 22.8 Å². The fourth-order valence-corrected chi connectivity index (χ4v) is 2.15. The van der Waals surface area contributed by atoms with Crippen LogP contribution in [0.15, 0.2) is 11.4 Å². The molecule has 0 amide bonds. The van der Waals surface area contributed by atoms with E-state index in [-0.39, 0.29) is 0 Å². The molecule has 3 nitrogen and oxygen atoms in total. The smallest absolute Gasteiger partial charge is 0.336 e. The van der Waals surface area contributed by atoms with Gasteiger partial charge in [0.25, 0.3) is 0 Å². The number of rotatable bonds is 2. The van der Waals surface area contributed by atoms with Crippen molar-refractivity contribution in [1.29, 1.82) is 0 Å². The Morgan fingerprint density at radius 3 is 2.83 bits per heavy atom. The van der Waals surface area contributed by atoms with Crippen LogP contribution in [0.25, 0.3) is 0 Å². The Balaban J connectivity index is 2.17. The zero-order chi connectivity index (χ0) is 8.55. The molecule has 0 radical (unpaired) electrons. The molecule has 2 heterocycles. The minimum absolute atomic E-state index is 0.418. The van der Waals surface area contributed by atoms with Gasteiger partial charge in [-0.3, -0.25) is 0 Å². The van der Waals surface area contributed by atoms with Gasteiger partial charge in [-0.15, -0.1) is 11.3 Å². The van der Waals surface area contributed by atoms with Crippen LogP contribution in [0.1, 0.15) is 21.2 Å². The lowest BCUT2D eigenvalue weighted by atomic mass is 10.0. The quantitative estimate of drug-likeness (QED) is 0.722. The molecule has 0 bridgehead atoms. The summed E-state index contributed by atoms with van der Waals surface area (Å²) in [5.41, 5.74) is 0.418. The number of carboxylic acid groups (broad SMARTS) is 1. The third kappa shape index (κ3) is 1.23. The molecular weight excluding hydrogens is 174 g/mol. The highest BCUT2D eigenvalue weighted by Gasteiger charge is 2.21. The van der Waals surface area contributed by atoms with Gasteiger partial charge < -0.3 is 10.4 Å². The molecule has 1 aromatic rings. The first kappa shape index (κ1) is 7.76. The molecule has 0 unspecified atom stereocenters. The van der Waals surface area contributed by atoms with Gasteiger partial charge in [-0.25, -0.2) is 4.79 Å². The molecule has 1 fully saturated rings. The van der Waals surface area contributed by atoms with E-state index >= 15 is 0 Å². The normalized spacial score (nSPS) is 17.3. The molecule has 1 aliphatic rings. The van der Waals surface area contributed by atoms with Gasteiger partial charge in [-0.1, -0.05) is 0 Å². The van der Waals surface area contributed by atoms with Gasteiger partial charge >= 0.3 is 5.97 Å². The number of thiophene rings is 1. The number of carboxylic acids is 1. The molecule has 64 valence electrons. The second-order valence-corrected chi connectivity index (χ2v) is 3.84. The van der Waals surface area contributed by atoms with Crippen LogP contribution in [0.5, 0.6) is 0 Å². The van der Waals surface area contributed by atoms with Gasteiger partial charge in [0.2, 0.25) is 0 Å². The molecule has 4 heteroatoms. The average molecular weight is 183 g/mol. The molecule has 2 N–H and O–H groups in total. The first-order valence-corrected chi connectivity index (χ1v) is 4.68. The Morgan fingerprint density at radius 2 is 2.42 bits per heavy atom. The number of aromatic carboxylic acids is 1. The Hall–Kier alpha value is -0.870. The monoisotopic (exact) mass is 183 g/mol. The zero-order valence-corrected chi connectivity index (χ0v) is 7.23. The highest BCUT2D eigenvalue weighted by molar-refractivity contribution is 7.10. The van der Waals surface area contributed by atoms with E-state index in [1.165, 1.54) is 4.88 Å². The Kier molecular flexibility index (Phi) is 1.86. The highest BCUT2D eigenvalue weighted by atomic mass is 32.1. The predicted octanol–water partition coefficient (Wildman–Crippen LogP) is 1.13. The summed E-state index contributed by atoms with van der Waals surface area (Å²) in [4.78, 5) is 11.7. The largest absolute Gasteiger partial charge is 0.478 e. The molecular formula is C8H9NO2S. The lowest BCUT2D eigenvalue weighted by molar-refractivity contribution is 0.0697. The first-order valence-electron chi connectivity index (χ1n) is 3.80. The molecule has 1 saturated heterocycles. The summed E-state index contributed by atoms with van der Waals surface area (Å²) in [5, 5.41) is 13.5. The van der Waals surface area contributed by atoms with Crippen LogP contribution >= 0.6 is 11.3 Å². The Bertz CT molecular complexity index is 304. The van der Waals surface area contributed by atoms with E-state index in [1.807, 2.05) is 0 Å². The summed E-state index contributed by atoms with van der Waals surface area (Å²) >= 11 is 1.54. The van der Waals surface area contributed by atoms with Crippen LogP contribution < -0.4 is 5.32 Å². The first-order chi connectivity index (χ1) is 5.77. The summed E-state index contributed by atoms with van der Waals surface area (Å²) in [5.74, 6) is -0.284. The molecule has 0 spiro atoms. The topological polar surface area (TPSA) is 49.3 Å². The molecule has 1 aliphatic heterocycles. The van der Waals surface area contributed by atoms with Gasteiger partial charge in [0.05, 0.1) is 5.56 Å². The van der Waals surface area contributed by atoms with Crippen molar-refractivity contribution in [2.75, 3.05) is 13.1 Å². The van der Waals surface area contributed by atoms with E-state index in [0.717, 1.165) is 13.1 Å². The van der Waals surface area contributed by atoms with Crippen LogP contribution in [0, 0.1) is 0 Å². The molecule has 0 aromatic carbocycles. The van der Waals surface area contributed by atoms with Gasteiger partial charge in [0.1, 0.15) is 0 Å². The minimum Gasteiger partial charge on any atom is -0.478 e. The number of hydrogen-bond acceptors (Lipinski definition) is 3. The standard InChI is InChI=1S/C8H9NO2S/c10-8(11)5-1-7(12-4-5)6-2-9-3-6/h1,4,6,9H,2-3H2,(H,10,11). The van der Waals surface area contributed by atoms with Crippen molar-refractivity contribution in [1.82, 2.24) is 5.32 Å². The van der Waals surface area contributed by atoms with Crippen LogP contribution in [0.4, 0.5) is 0 Å². The number of carbonyl (C=O) groups is 1.